The Morgan fingerprint density at radius 2 is 1.87 bits per heavy atom. The van der Waals surface area contributed by atoms with Crippen LogP contribution in [0.2, 0.25) is 0 Å². The first-order valence-corrected chi connectivity index (χ1v) is 9.76. The van der Waals surface area contributed by atoms with Crippen molar-refractivity contribution in [2.24, 2.45) is 5.92 Å². The summed E-state index contributed by atoms with van der Waals surface area (Å²) in [6.07, 6.45) is 6.23. The molecule has 5 nitrogen and oxygen atoms in total. The van der Waals surface area contributed by atoms with Crippen LogP contribution in [0.1, 0.15) is 32.1 Å². The van der Waals surface area contributed by atoms with Gasteiger partial charge in [0.2, 0.25) is 0 Å². The Bertz CT molecular complexity index is 344. The Morgan fingerprint density at radius 1 is 1.04 bits per heavy atom. The van der Waals surface area contributed by atoms with Crippen molar-refractivity contribution < 1.29 is 5.11 Å². The number of aliphatic hydroxyl groups excluding tert-OH is 1. The molecule has 0 spiro atoms. The van der Waals surface area contributed by atoms with Crippen LogP contribution in [0.3, 0.4) is 0 Å². The summed E-state index contributed by atoms with van der Waals surface area (Å²) >= 11 is 0. The van der Waals surface area contributed by atoms with Gasteiger partial charge in [0.15, 0.2) is 0 Å². The zero-order valence-corrected chi connectivity index (χ0v) is 14.9. The molecule has 3 saturated heterocycles. The fraction of sp³-hybridized carbons (Fsp3) is 1.00. The molecular weight excluding hydrogens is 288 g/mol. The molecule has 0 aliphatic carbocycles. The lowest BCUT2D eigenvalue weighted by Crippen LogP contribution is -2.59. The van der Waals surface area contributed by atoms with Crippen molar-refractivity contribution in [3.63, 3.8) is 0 Å². The van der Waals surface area contributed by atoms with Gasteiger partial charge >= 0.3 is 0 Å². The summed E-state index contributed by atoms with van der Waals surface area (Å²) in [6, 6.07) is 1.32. The van der Waals surface area contributed by atoms with E-state index >= 15 is 0 Å². The number of likely N-dealkylation sites (tertiary alicyclic amines) is 1. The molecule has 0 aromatic carbocycles. The highest BCUT2D eigenvalue weighted by atomic mass is 16.3. The summed E-state index contributed by atoms with van der Waals surface area (Å²) in [5.41, 5.74) is 0. The lowest BCUT2D eigenvalue weighted by molar-refractivity contribution is 0.0313. The number of likely N-dealkylation sites (N-methyl/N-ethyl adjacent to an activating group) is 1. The molecule has 3 aliphatic rings. The first kappa shape index (κ1) is 17.6. The standard InChI is InChI=1S/C18H36N4O/c1-20-9-11-21(12-10-20)18-14-19-7-5-16(18)15-22-8-3-2-4-17(22)6-13-23/h16-19,23H,2-15H2,1H3. The summed E-state index contributed by atoms with van der Waals surface area (Å²) in [4.78, 5) is 7.89. The minimum absolute atomic E-state index is 0.343. The van der Waals surface area contributed by atoms with Crippen molar-refractivity contribution in [1.82, 2.24) is 20.0 Å². The summed E-state index contributed by atoms with van der Waals surface area (Å²) in [7, 11) is 2.24. The summed E-state index contributed by atoms with van der Waals surface area (Å²) in [5.74, 6) is 0.791. The summed E-state index contributed by atoms with van der Waals surface area (Å²) in [6.45, 7) is 10.0. The number of aliphatic hydroxyl groups is 1. The van der Waals surface area contributed by atoms with Crippen LogP contribution in [0.4, 0.5) is 0 Å². The molecule has 0 aromatic heterocycles. The first-order valence-electron chi connectivity index (χ1n) is 9.76. The maximum atomic E-state index is 9.37. The van der Waals surface area contributed by atoms with E-state index in [-0.39, 0.29) is 0 Å². The number of nitrogens with zero attached hydrogens (tertiary/aromatic N) is 3. The Hall–Kier alpha value is -0.200. The predicted octanol–water partition coefficient (Wildman–Crippen LogP) is 0.449. The van der Waals surface area contributed by atoms with Gasteiger partial charge in [0.05, 0.1) is 0 Å². The third-order valence-electron chi connectivity index (χ3n) is 6.28. The predicted molar refractivity (Wildman–Crippen MR) is 94.7 cm³/mol. The number of nitrogens with one attached hydrogen (secondary N) is 1. The Morgan fingerprint density at radius 3 is 2.65 bits per heavy atom. The highest BCUT2D eigenvalue weighted by molar-refractivity contribution is 4.91. The highest BCUT2D eigenvalue weighted by Crippen LogP contribution is 2.26. The molecule has 3 fully saturated rings. The van der Waals surface area contributed by atoms with Crippen molar-refractivity contribution >= 4 is 0 Å². The van der Waals surface area contributed by atoms with Gasteiger partial charge in [-0.05, 0) is 51.7 Å². The zero-order valence-electron chi connectivity index (χ0n) is 14.9. The van der Waals surface area contributed by atoms with Gasteiger partial charge in [0.25, 0.3) is 0 Å². The van der Waals surface area contributed by atoms with Crippen molar-refractivity contribution in [3.8, 4) is 0 Å². The van der Waals surface area contributed by atoms with E-state index in [0.29, 0.717) is 18.7 Å². The molecule has 0 amide bonds. The normalized spacial score (nSPS) is 35.5. The Balaban J connectivity index is 1.59. The van der Waals surface area contributed by atoms with E-state index < -0.39 is 0 Å². The second-order valence-corrected chi connectivity index (χ2v) is 7.82. The average Bonchev–Trinajstić information content (AvgIpc) is 2.58. The molecule has 5 heteroatoms. The molecule has 3 aliphatic heterocycles. The van der Waals surface area contributed by atoms with Crippen molar-refractivity contribution in [2.75, 3.05) is 66.0 Å². The van der Waals surface area contributed by atoms with E-state index in [1.54, 1.807) is 0 Å². The lowest BCUT2D eigenvalue weighted by Gasteiger charge is -2.46. The Labute approximate surface area is 142 Å². The minimum Gasteiger partial charge on any atom is -0.396 e. The van der Waals surface area contributed by atoms with E-state index in [1.807, 2.05) is 0 Å². The molecule has 23 heavy (non-hydrogen) atoms. The summed E-state index contributed by atoms with van der Waals surface area (Å²) < 4.78 is 0. The fourth-order valence-electron chi connectivity index (χ4n) is 4.77. The van der Waals surface area contributed by atoms with E-state index in [4.69, 9.17) is 0 Å². The molecule has 2 N–H and O–H groups in total. The first-order chi connectivity index (χ1) is 11.3. The third-order valence-corrected chi connectivity index (χ3v) is 6.28. The zero-order chi connectivity index (χ0) is 16.1. The molecular formula is C18H36N4O. The van der Waals surface area contributed by atoms with Crippen LogP contribution in [0.5, 0.6) is 0 Å². The van der Waals surface area contributed by atoms with E-state index in [9.17, 15) is 5.11 Å². The number of rotatable bonds is 5. The second kappa shape index (κ2) is 8.77. The van der Waals surface area contributed by atoms with Crippen molar-refractivity contribution in [1.29, 1.82) is 0 Å². The molecule has 134 valence electrons. The largest absolute Gasteiger partial charge is 0.396 e. The summed E-state index contributed by atoms with van der Waals surface area (Å²) in [5, 5.41) is 13.0. The van der Waals surface area contributed by atoms with Gasteiger partial charge in [0.1, 0.15) is 0 Å². The van der Waals surface area contributed by atoms with Crippen LogP contribution in [0, 0.1) is 5.92 Å². The van der Waals surface area contributed by atoms with E-state index in [1.165, 1.54) is 71.5 Å². The van der Waals surface area contributed by atoms with Gasteiger partial charge < -0.3 is 15.3 Å². The number of piperazine rings is 1. The fourth-order valence-corrected chi connectivity index (χ4v) is 4.77. The molecule has 3 heterocycles. The van der Waals surface area contributed by atoms with Crippen LogP contribution < -0.4 is 5.32 Å². The van der Waals surface area contributed by atoms with Crippen LogP contribution in [-0.2, 0) is 0 Å². The van der Waals surface area contributed by atoms with Gasteiger partial charge in [0, 0.05) is 58.0 Å². The number of piperidine rings is 2. The van der Waals surface area contributed by atoms with Crippen LogP contribution in [0.25, 0.3) is 0 Å². The Kier molecular flexibility index (Phi) is 6.72. The molecule has 0 aromatic rings. The number of hydrogen-bond donors (Lipinski definition) is 2. The van der Waals surface area contributed by atoms with Gasteiger partial charge in [-0.3, -0.25) is 9.80 Å². The molecule has 0 saturated carbocycles. The van der Waals surface area contributed by atoms with Crippen LogP contribution >= 0.6 is 0 Å². The molecule has 0 radical (unpaired) electrons. The molecule has 3 unspecified atom stereocenters. The monoisotopic (exact) mass is 324 g/mol. The van der Waals surface area contributed by atoms with E-state index in [2.05, 4.69) is 27.1 Å². The second-order valence-electron chi connectivity index (χ2n) is 7.82. The third kappa shape index (κ3) is 4.67. The minimum atomic E-state index is 0.343. The molecule has 3 atom stereocenters. The van der Waals surface area contributed by atoms with Gasteiger partial charge in [-0.2, -0.15) is 0 Å². The lowest BCUT2D eigenvalue weighted by atomic mass is 9.88. The van der Waals surface area contributed by atoms with Crippen LogP contribution in [0.15, 0.2) is 0 Å². The number of hydrogen-bond acceptors (Lipinski definition) is 5. The van der Waals surface area contributed by atoms with Crippen molar-refractivity contribution in [3.05, 3.63) is 0 Å². The van der Waals surface area contributed by atoms with Gasteiger partial charge in [-0.1, -0.05) is 6.42 Å². The quantitative estimate of drug-likeness (QED) is 0.769. The maximum absolute atomic E-state index is 9.37. The van der Waals surface area contributed by atoms with Crippen molar-refractivity contribution in [2.45, 2.75) is 44.2 Å². The average molecular weight is 325 g/mol. The maximum Gasteiger partial charge on any atom is 0.0445 e. The van der Waals surface area contributed by atoms with E-state index in [0.717, 1.165) is 18.9 Å². The van der Waals surface area contributed by atoms with Gasteiger partial charge in [-0.25, -0.2) is 0 Å². The SMILES string of the molecule is CN1CCN(C2CNCCC2CN2CCCCC2CCO)CC1. The van der Waals surface area contributed by atoms with Gasteiger partial charge in [-0.15, -0.1) is 0 Å². The van der Waals surface area contributed by atoms with Crippen LogP contribution in [-0.4, -0.2) is 97.9 Å². The molecule has 3 rings (SSSR count). The smallest absolute Gasteiger partial charge is 0.0445 e. The molecule has 0 bridgehead atoms. The topological polar surface area (TPSA) is 42.0 Å². The highest BCUT2D eigenvalue weighted by Gasteiger charge is 2.34.